The van der Waals surface area contributed by atoms with Crippen LogP contribution in [-0.2, 0) is 0 Å². The minimum Gasteiger partial charge on any atom is -0.334 e. The smallest absolute Gasteiger partial charge is 0.265 e. The molecule has 24 heavy (non-hydrogen) atoms. The normalized spacial score (nSPS) is 14.7. The summed E-state index contributed by atoms with van der Waals surface area (Å²) in [7, 11) is 0. The van der Waals surface area contributed by atoms with Gasteiger partial charge in [0.2, 0.25) is 0 Å². The first-order valence-electron chi connectivity index (χ1n) is 7.95. The number of fused-ring (bicyclic) bond motifs is 1. The lowest BCUT2D eigenvalue weighted by Gasteiger charge is -2.26. The summed E-state index contributed by atoms with van der Waals surface area (Å²) in [5.74, 6) is 0.0320. The third-order valence-electron chi connectivity index (χ3n) is 4.37. The first kappa shape index (κ1) is 15.4. The van der Waals surface area contributed by atoms with Crippen LogP contribution in [0.15, 0.2) is 60.7 Å². The van der Waals surface area contributed by atoms with Crippen LogP contribution in [0.25, 0.3) is 15.7 Å². The number of carbonyl (C=O) groups excluding carboxylic acids is 1. The molecule has 2 nitrogen and oxygen atoms in total. The Hall–Kier alpha value is -2.10. The molecule has 4 heteroatoms. The van der Waals surface area contributed by atoms with E-state index in [2.05, 4.69) is 18.2 Å². The molecule has 0 spiro atoms. The van der Waals surface area contributed by atoms with Gasteiger partial charge >= 0.3 is 0 Å². The van der Waals surface area contributed by atoms with Gasteiger partial charge < -0.3 is 4.90 Å². The Bertz CT molecular complexity index is 929. The number of benzene rings is 2. The number of halogens is 1. The summed E-state index contributed by atoms with van der Waals surface area (Å²) in [5.41, 5.74) is 2.55. The van der Waals surface area contributed by atoms with E-state index >= 15 is 0 Å². The highest BCUT2D eigenvalue weighted by Gasteiger charge is 2.24. The predicted octanol–water partition coefficient (Wildman–Crippen LogP) is 5.48. The van der Waals surface area contributed by atoms with Gasteiger partial charge in [-0.25, -0.2) is 0 Å². The molecule has 0 radical (unpaired) electrons. The number of thiophene rings is 1. The molecule has 0 bridgehead atoms. The predicted molar refractivity (Wildman–Crippen MR) is 102 cm³/mol. The molecule has 0 atom stereocenters. The van der Waals surface area contributed by atoms with Crippen LogP contribution in [0.4, 0.5) is 0 Å². The highest BCUT2D eigenvalue weighted by Crippen LogP contribution is 2.36. The van der Waals surface area contributed by atoms with Crippen LogP contribution >= 0.6 is 22.9 Å². The minimum atomic E-state index is 0.0320. The summed E-state index contributed by atoms with van der Waals surface area (Å²) >= 11 is 7.92. The van der Waals surface area contributed by atoms with Gasteiger partial charge in [0.1, 0.15) is 4.88 Å². The summed E-state index contributed by atoms with van der Waals surface area (Å²) in [6, 6.07) is 18.2. The van der Waals surface area contributed by atoms with Crippen molar-refractivity contribution in [3.8, 4) is 0 Å². The van der Waals surface area contributed by atoms with E-state index in [1.807, 2.05) is 47.4 Å². The number of amides is 1. The van der Waals surface area contributed by atoms with Crippen LogP contribution in [0.2, 0.25) is 5.02 Å². The summed E-state index contributed by atoms with van der Waals surface area (Å²) < 4.78 is 1.06. The lowest BCUT2D eigenvalue weighted by molar-refractivity contribution is 0.0778. The second kappa shape index (κ2) is 6.42. The summed E-state index contributed by atoms with van der Waals surface area (Å²) in [4.78, 5) is 15.4. The average molecular weight is 354 g/mol. The van der Waals surface area contributed by atoms with E-state index in [1.54, 1.807) is 0 Å². The van der Waals surface area contributed by atoms with Crippen molar-refractivity contribution in [1.82, 2.24) is 4.90 Å². The number of hydrogen-bond acceptors (Lipinski definition) is 2. The monoisotopic (exact) mass is 353 g/mol. The maximum Gasteiger partial charge on any atom is 0.265 e. The topological polar surface area (TPSA) is 20.3 Å². The van der Waals surface area contributed by atoms with Gasteiger partial charge in [0.05, 0.1) is 5.02 Å². The highest BCUT2D eigenvalue weighted by atomic mass is 35.5. The zero-order chi connectivity index (χ0) is 16.5. The van der Waals surface area contributed by atoms with Crippen LogP contribution in [-0.4, -0.2) is 23.9 Å². The molecule has 0 unspecified atom stereocenters. The van der Waals surface area contributed by atoms with E-state index in [9.17, 15) is 4.79 Å². The first-order chi connectivity index (χ1) is 11.7. The summed E-state index contributed by atoms with van der Waals surface area (Å²) in [6.45, 7) is 1.36. The van der Waals surface area contributed by atoms with E-state index in [4.69, 9.17) is 11.6 Å². The lowest BCUT2D eigenvalue weighted by Crippen LogP contribution is -2.34. The van der Waals surface area contributed by atoms with Gasteiger partial charge in [-0.05, 0) is 23.6 Å². The van der Waals surface area contributed by atoms with E-state index in [0.29, 0.717) is 16.4 Å². The van der Waals surface area contributed by atoms with Gasteiger partial charge in [-0.3, -0.25) is 4.79 Å². The summed E-state index contributed by atoms with van der Waals surface area (Å²) in [6.07, 6.45) is 3.02. The van der Waals surface area contributed by atoms with E-state index < -0.39 is 0 Å². The molecular formula is C20H16ClNOS. The van der Waals surface area contributed by atoms with Gasteiger partial charge in [-0.15, -0.1) is 11.3 Å². The van der Waals surface area contributed by atoms with Crippen molar-refractivity contribution in [1.29, 1.82) is 0 Å². The van der Waals surface area contributed by atoms with Crippen molar-refractivity contribution in [3.63, 3.8) is 0 Å². The maximum atomic E-state index is 12.9. The van der Waals surface area contributed by atoms with Crippen molar-refractivity contribution in [2.24, 2.45) is 0 Å². The van der Waals surface area contributed by atoms with Gasteiger partial charge in [0.15, 0.2) is 0 Å². The second-order valence-corrected chi connectivity index (χ2v) is 7.27. The first-order valence-corrected chi connectivity index (χ1v) is 9.14. The van der Waals surface area contributed by atoms with Crippen molar-refractivity contribution in [3.05, 3.63) is 76.1 Å². The van der Waals surface area contributed by atoms with Crippen LogP contribution in [0.5, 0.6) is 0 Å². The molecule has 0 aliphatic carbocycles. The van der Waals surface area contributed by atoms with Crippen molar-refractivity contribution in [2.75, 3.05) is 13.1 Å². The van der Waals surface area contributed by atoms with Crippen LogP contribution in [0, 0.1) is 0 Å². The molecule has 1 aromatic heterocycles. The lowest BCUT2D eigenvalue weighted by atomic mass is 9.99. The Morgan fingerprint density at radius 1 is 1.04 bits per heavy atom. The van der Waals surface area contributed by atoms with Gasteiger partial charge in [-0.1, -0.05) is 66.2 Å². The average Bonchev–Trinajstić information content (AvgIpc) is 2.99. The van der Waals surface area contributed by atoms with Gasteiger partial charge in [0, 0.05) is 23.2 Å². The van der Waals surface area contributed by atoms with Crippen LogP contribution in [0.3, 0.4) is 0 Å². The molecule has 0 saturated carbocycles. The number of nitrogens with zero attached hydrogens (tertiary/aromatic N) is 1. The standard InChI is InChI=1S/C20H16ClNOS/c21-18-16-8-4-5-9-17(16)24-19(18)20(23)22-12-10-15(11-13-22)14-6-2-1-3-7-14/h1-10H,11-13H2. The number of rotatable bonds is 2. The second-order valence-electron chi connectivity index (χ2n) is 5.84. The molecule has 1 amide bonds. The van der Waals surface area contributed by atoms with Crippen molar-refractivity contribution < 1.29 is 4.79 Å². The largest absolute Gasteiger partial charge is 0.334 e. The summed E-state index contributed by atoms with van der Waals surface area (Å²) in [5, 5.41) is 1.54. The van der Waals surface area contributed by atoms with Crippen LogP contribution in [0.1, 0.15) is 21.7 Å². The molecule has 1 aliphatic heterocycles. The zero-order valence-electron chi connectivity index (χ0n) is 13.0. The molecule has 2 aromatic carbocycles. The highest BCUT2D eigenvalue weighted by molar-refractivity contribution is 7.21. The molecule has 0 N–H and O–H groups in total. The number of hydrogen-bond donors (Lipinski definition) is 0. The van der Waals surface area contributed by atoms with E-state index in [0.717, 1.165) is 23.1 Å². The fourth-order valence-electron chi connectivity index (χ4n) is 3.06. The van der Waals surface area contributed by atoms with Crippen molar-refractivity contribution >= 4 is 44.5 Å². The SMILES string of the molecule is O=C(c1sc2ccccc2c1Cl)N1CC=C(c2ccccc2)CC1. The van der Waals surface area contributed by atoms with Crippen LogP contribution < -0.4 is 0 Å². The molecule has 2 heterocycles. The Morgan fingerprint density at radius 2 is 1.79 bits per heavy atom. The molecular weight excluding hydrogens is 338 g/mol. The van der Waals surface area contributed by atoms with E-state index in [-0.39, 0.29) is 5.91 Å². The van der Waals surface area contributed by atoms with Crippen molar-refractivity contribution in [2.45, 2.75) is 6.42 Å². The fraction of sp³-hybridized carbons (Fsp3) is 0.150. The van der Waals surface area contributed by atoms with E-state index in [1.165, 1.54) is 22.5 Å². The Morgan fingerprint density at radius 3 is 2.50 bits per heavy atom. The maximum absolute atomic E-state index is 12.9. The van der Waals surface area contributed by atoms with Gasteiger partial charge in [-0.2, -0.15) is 0 Å². The molecule has 0 saturated heterocycles. The quantitative estimate of drug-likeness (QED) is 0.597. The third kappa shape index (κ3) is 2.74. The molecule has 4 rings (SSSR count). The fourth-order valence-corrected chi connectivity index (χ4v) is 4.54. The minimum absolute atomic E-state index is 0.0320. The molecule has 1 aliphatic rings. The Labute approximate surface area is 150 Å². The Balaban J connectivity index is 1.58. The Kier molecular flexibility index (Phi) is 4.13. The number of carbonyl (C=O) groups is 1. The zero-order valence-corrected chi connectivity index (χ0v) is 14.6. The molecule has 3 aromatic rings. The third-order valence-corrected chi connectivity index (χ3v) is 6.03. The molecule has 120 valence electrons. The molecule has 0 fully saturated rings. The van der Waals surface area contributed by atoms with Gasteiger partial charge in [0.25, 0.3) is 5.91 Å².